The number of anilines is 1. The van der Waals surface area contributed by atoms with E-state index in [0.717, 1.165) is 22.4 Å². The standard InChI is InChI=1S/C12H16ClNO3.Na/c1-8-6-11(14-12(15)3-4-13)9(2)5-10(8)7-17-16;/h5-6,16H,3-4,7H2,1-2H3,(H,14,15);/q;+1/p-1. The van der Waals surface area contributed by atoms with E-state index in [2.05, 4.69) is 10.2 Å². The molecule has 1 rings (SSSR count). The Bertz CT molecular complexity index is 413. The van der Waals surface area contributed by atoms with Crippen LogP contribution in [0.1, 0.15) is 23.1 Å². The molecule has 1 amide bonds. The van der Waals surface area contributed by atoms with Crippen molar-refractivity contribution in [2.45, 2.75) is 26.9 Å². The van der Waals surface area contributed by atoms with Crippen molar-refractivity contribution in [3.63, 3.8) is 0 Å². The molecule has 0 aromatic heterocycles. The molecule has 1 aromatic rings. The third-order valence-corrected chi connectivity index (χ3v) is 2.68. The zero-order valence-electron chi connectivity index (χ0n) is 10.9. The topological polar surface area (TPSA) is 61.4 Å². The van der Waals surface area contributed by atoms with E-state index in [1.165, 1.54) is 0 Å². The van der Waals surface area contributed by atoms with Gasteiger partial charge in [-0.1, -0.05) is 6.07 Å². The quantitative estimate of drug-likeness (QED) is 0.314. The van der Waals surface area contributed by atoms with Crippen LogP contribution in [0.3, 0.4) is 0 Å². The van der Waals surface area contributed by atoms with Gasteiger partial charge in [0.25, 0.3) is 0 Å². The molecule has 1 N–H and O–H groups in total. The Hall–Kier alpha value is -0.100. The van der Waals surface area contributed by atoms with Crippen LogP contribution in [-0.2, 0) is 16.3 Å². The second-order valence-electron chi connectivity index (χ2n) is 3.84. The van der Waals surface area contributed by atoms with Gasteiger partial charge in [0.05, 0.1) is 6.61 Å². The molecule has 18 heavy (non-hydrogen) atoms. The first-order valence-corrected chi connectivity index (χ1v) is 5.82. The van der Waals surface area contributed by atoms with Crippen molar-refractivity contribution < 1.29 is 44.5 Å². The van der Waals surface area contributed by atoms with Crippen molar-refractivity contribution in [2.75, 3.05) is 11.2 Å². The average molecular weight is 280 g/mol. The first kappa shape index (κ1) is 17.9. The van der Waals surface area contributed by atoms with Crippen molar-refractivity contribution >= 4 is 23.2 Å². The van der Waals surface area contributed by atoms with E-state index in [-0.39, 0.29) is 48.5 Å². The van der Waals surface area contributed by atoms with Crippen molar-refractivity contribution in [1.29, 1.82) is 0 Å². The first-order chi connectivity index (χ1) is 8.08. The summed E-state index contributed by atoms with van der Waals surface area (Å²) in [5, 5.41) is 12.9. The molecule has 0 saturated heterocycles. The zero-order valence-corrected chi connectivity index (χ0v) is 13.6. The number of carbonyl (C=O) groups excluding carboxylic acids is 1. The molecular formula is C12H15ClNNaO3. The Kier molecular flexibility index (Phi) is 8.86. The molecule has 0 atom stereocenters. The van der Waals surface area contributed by atoms with E-state index in [4.69, 9.17) is 11.6 Å². The van der Waals surface area contributed by atoms with Crippen LogP contribution in [0.15, 0.2) is 12.1 Å². The number of aryl methyl sites for hydroxylation is 2. The Morgan fingerprint density at radius 2 is 2.06 bits per heavy atom. The normalized spacial score (nSPS) is 9.78. The predicted molar refractivity (Wildman–Crippen MR) is 64.7 cm³/mol. The number of alkyl halides is 1. The van der Waals surface area contributed by atoms with Gasteiger partial charge in [-0.2, -0.15) is 0 Å². The van der Waals surface area contributed by atoms with Gasteiger partial charge < -0.3 is 15.5 Å². The summed E-state index contributed by atoms with van der Waals surface area (Å²) in [6.07, 6.45) is 0.283. The fourth-order valence-corrected chi connectivity index (χ4v) is 1.70. The van der Waals surface area contributed by atoms with E-state index < -0.39 is 0 Å². The van der Waals surface area contributed by atoms with Crippen LogP contribution in [0.5, 0.6) is 0 Å². The minimum absolute atomic E-state index is 0. The van der Waals surface area contributed by atoms with E-state index in [1.54, 1.807) is 0 Å². The molecular weight excluding hydrogens is 265 g/mol. The van der Waals surface area contributed by atoms with Gasteiger partial charge in [0.2, 0.25) is 5.91 Å². The van der Waals surface area contributed by atoms with Crippen LogP contribution in [0.2, 0.25) is 0 Å². The van der Waals surface area contributed by atoms with Gasteiger partial charge in [-0.3, -0.25) is 4.79 Å². The number of rotatable bonds is 5. The molecule has 6 heteroatoms. The Morgan fingerprint density at radius 1 is 1.39 bits per heavy atom. The maximum atomic E-state index is 11.4. The summed E-state index contributed by atoms with van der Waals surface area (Å²) >= 11 is 5.49. The van der Waals surface area contributed by atoms with Gasteiger partial charge in [-0.25, -0.2) is 0 Å². The average Bonchev–Trinajstić information content (AvgIpc) is 2.26. The van der Waals surface area contributed by atoms with Gasteiger partial charge in [0.1, 0.15) is 0 Å². The Balaban J connectivity index is 0.00000289. The summed E-state index contributed by atoms with van der Waals surface area (Å²) in [7, 11) is 0. The molecule has 0 aliphatic rings. The number of hydrogen-bond acceptors (Lipinski definition) is 3. The summed E-state index contributed by atoms with van der Waals surface area (Å²) in [6.45, 7) is 3.76. The Morgan fingerprint density at radius 3 is 2.61 bits per heavy atom. The molecule has 4 nitrogen and oxygen atoms in total. The van der Waals surface area contributed by atoms with Gasteiger partial charge in [-0.15, -0.1) is 11.6 Å². The van der Waals surface area contributed by atoms with Crippen LogP contribution in [-0.4, -0.2) is 11.8 Å². The summed E-state index contributed by atoms with van der Waals surface area (Å²) in [5.41, 5.74) is 3.37. The SMILES string of the molecule is Cc1cc(NC(=O)CCCl)c(C)cc1CO[O-].[Na+]. The molecule has 0 spiro atoms. The monoisotopic (exact) mass is 279 g/mol. The Labute approximate surface area is 134 Å². The van der Waals surface area contributed by atoms with Gasteiger partial charge >= 0.3 is 29.6 Å². The molecule has 94 valence electrons. The second kappa shape index (κ2) is 8.91. The zero-order chi connectivity index (χ0) is 12.8. The van der Waals surface area contributed by atoms with Crippen molar-refractivity contribution in [1.82, 2.24) is 0 Å². The molecule has 0 aliphatic carbocycles. The second-order valence-corrected chi connectivity index (χ2v) is 4.22. The first-order valence-electron chi connectivity index (χ1n) is 5.29. The van der Waals surface area contributed by atoms with Gasteiger partial charge in [0.15, 0.2) is 0 Å². The van der Waals surface area contributed by atoms with Crippen molar-refractivity contribution in [3.8, 4) is 0 Å². The number of carbonyl (C=O) groups is 1. The van der Waals surface area contributed by atoms with Crippen molar-refractivity contribution in [3.05, 3.63) is 28.8 Å². The van der Waals surface area contributed by atoms with E-state index in [1.807, 2.05) is 26.0 Å². The molecule has 1 aromatic carbocycles. The summed E-state index contributed by atoms with van der Waals surface area (Å²) in [6, 6.07) is 3.67. The summed E-state index contributed by atoms with van der Waals surface area (Å²) < 4.78 is 0. The number of benzene rings is 1. The van der Waals surface area contributed by atoms with Crippen LogP contribution in [0, 0.1) is 13.8 Å². The van der Waals surface area contributed by atoms with Crippen LogP contribution < -0.4 is 40.1 Å². The molecule has 0 fully saturated rings. The summed E-state index contributed by atoms with van der Waals surface area (Å²) in [5.74, 6) is 0.182. The third kappa shape index (κ3) is 5.26. The van der Waals surface area contributed by atoms with Crippen molar-refractivity contribution in [2.24, 2.45) is 0 Å². The molecule has 0 saturated carbocycles. The molecule has 0 bridgehead atoms. The number of halogens is 1. The molecule has 0 aliphatic heterocycles. The number of amides is 1. The predicted octanol–water partition coefficient (Wildman–Crippen LogP) is -1.33. The fourth-order valence-electron chi connectivity index (χ4n) is 1.53. The summed E-state index contributed by atoms with van der Waals surface area (Å²) in [4.78, 5) is 15.3. The maximum absolute atomic E-state index is 11.4. The van der Waals surface area contributed by atoms with E-state index in [0.29, 0.717) is 5.88 Å². The van der Waals surface area contributed by atoms with Crippen LogP contribution in [0.25, 0.3) is 0 Å². The molecule has 0 radical (unpaired) electrons. The number of nitrogens with one attached hydrogen (secondary N) is 1. The minimum Gasteiger partial charge on any atom is -0.723 e. The molecule has 0 heterocycles. The van der Waals surface area contributed by atoms with E-state index >= 15 is 0 Å². The van der Waals surface area contributed by atoms with Gasteiger partial charge in [0, 0.05) is 18.0 Å². The van der Waals surface area contributed by atoms with Crippen LogP contribution in [0.4, 0.5) is 5.69 Å². The largest absolute Gasteiger partial charge is 1.00 e. The van der Waals surface area contributed by atoms with E-state index in [9.17, 15) is 10.1 Å². The minimum atomic E-state index is -0.115. The maximum Gasteiger partial charge on any atom is 1.00 e. The molecule has 0 unspecified atom stereocenters. The van der Waals surface area contributed by atoms with Gasteiger partial charge in [-0.05, 0) is 36.6 Å². The number of hydrogen-bond donors (Lipinski definition) is 1. The smallest absolute Gasteiger partial charge is 0.723 e. The third-order valence-electron chi connectivity index (χ3n) is 2.49. The van der Waals surface area contributed by atoms with Crippen LogP contribution >= 0.6 is 11.6 Å². The fraction of sp³-hybridized carbons (Fsp3) is 0.417.